The SMILES string of the molecule is O=C(CC1CCCC1)SCCS(=O)(=O)O. The van der Waals surface area contributed by atoms with E-state index >= 15 is 0 Å². The molecule has 0 amide bonds. The largest absolute Gasteiger partial charge is 0.287 e. The van der Waals surface area contributed by atoms with Gasteiger partial charge in [0.2, 0.25) is 0 Å². The van der Waals surface area contributed by atoms with Crippen molar-refractivity contribution in [3.05, 3.63) is 0 Å². The molecule has 0 aromatic carbocycles. The minimum atomic E-state index is -3.92. The van der Waals surface area contributed by atoms with Crippen LogP contribution in [0.4, 0.5) is 0 Å². The highest BCUT2D eigenvalue weighted by atomic mass is 32.2. The maximum absolute atomic E-state index is 11.4. The van der Waals surface area contributed by atoms with Gasteiger partial charge >= 0.3 is 0 Å². The maximum Gasteiger partial charge on any atom is 0.265 e. The molecular weight excluding hydrogens is 236 g/mol. The molecule has 0 spiro atoms. The molecular formula is C9H16O4S2. The second kappa shape index (κ2) is 5.86. The fourth-order valence-electron chi connectivity index (χ4n) is 1.77. The Balaban J connectivity index is 2.13. The number of hydrogen-bond donors (Lipinski definition) is 1. The van der Waals surface area contributed by atoms with Crippen molar-refractivity contribution in [2.75, 3.05) is 11.5 Å². The summed E-state index contributed by atoms with van der Waals surface area (Å²) in [6.07, 6.45) is 5.19. The third-order valence-corrected chi connectivity index (χ3v) is 4.41. The van der Waals surface area contributed by atoms with Crippen LogP contribution < -0.4 is 0 Å². The van der Waals surface area contributed by atoms with Crippen molar-refractivity contribution in [1.82, 2.24) is 0 Å². The minimum Gasteiger partial charge on any atom is -0.287 e. The van der Waals surface area contributed by atoms with E-state index in [0.29, 0.717) is 12.3 Å². The molecule has 0 unspecified atom stereocenters. The molecule has 0 atom stereocenters. The Morgan fingerprint density at radius 2 is 1.93 bits per heavy atom. The fourth-order valence-corrected chi connectivity index (χ4v) is 3.53. The van der Waals surface area contributed by atoms with E-state index in [0.717, 1.165) is 24.6 Å². The molecule has 0 saturated heterocycles. The smallest absolute Gasteiger partial charge is 0.265 e. The molecule has 1 fully saturated rings. The Morgan fingerprint density at radius 1 is 1.33 bits per heavy atom. The van der Waals surface area contributed by atoms with Gasteiger partial charge < -0.3 is 0 Å². The number of hydrogen-bond acceptors (Lipinski definition) is 4. The highest BCUT2D eigenvalue weighted by molar-refractivity contribution is 8.14. The summed E-state index contributed by atoms with van der Waals surface area (Å²) in [5.74, 6) is 0.314. The Labute approximate surface area is 94.6 Å². The first-order valence-electron chi connectivity index (χ1n) is 5.08. The van der Waals surface area contributed by atoms with Gasteiger partial charge in [0, 0.05) is 12.2 Å². The van der Waals surface area contributed by atoms with Crippen molar-refractivity contribution in [2.24, 2.45) is 5.92 Å². The average Bonchev–Trinajstić information content (AvgIpc) is 2.54. The van der Waals surface area contributed by atoms with Gasteiger partial charge in [-0.3, -0.25) is 9.35 Å². The van der Waals surface area contributed by atoms with Crippen LogP contribution in [0.3, 0.4) is 0 Å². The van der Waals surface area contributed by atoms with Crippen LogP contribution in [-0.2, 0) is 14.9 Å². The summed E-state index contributed by atoms with van der Waals surface area (Å²) in [7, 11) is -3.92. The Hall–Kier alpha value is -0.0700. The van der Waals surface area contributed by atoms with E-state index in [-0.39, 0.29) is 16.6 Å². The lowest BCUT2D eigenvalue weighted by molar-refractivity contribution is -0.111. The highest BCUT2D eigenvalue weighted by Gasteiger charge is 2.18. The predicted octanol–water partition coefficient (Wildman–Crippen LogP) is 1.71. The van der Waals surface area contributed by atoms with Crippen LogP contribution in [0.2, 0.25) is 0 Å². The minimum absolute atomic E-state index is 0.0468. The molecule has 1 N–H and O–H groups in total. The Kier molecular flexibility index (Phi) is 5.08. The molecule has 1 rings (SSSR count). The van der Waals surface area contributed by atoms with E-state index < -0.39 is 10.1 Å². The standard InChI is InChI=1S/C9H16O4S2/c10-9(7-8-3-1-2-4-8)14-5-6-15(11,12)13/h8H,1-7H2,(H,11,12,13). The molecule has 88 valence electrons. The van der Waals surface area contributed by atoms with Crippen molar-refractivity contribution >= 4 is 27.0 Å². The van der Waals surface area contributed by atoms with Gasteiger partial charge in [-0.05, 0) is 18.8 Å². The van der Waals surface area contributed by atoms with Crippen LogP contribution in [-0.4, -0.2) is 29.6 Å². The topological polar surface area (TPSA) is 71.4 Å². The van der Waals surface area contributed by atoms with E-state index in [9.17, 15) is 13.2 Å². The Bertz CT molecular complexity index is 304. The molecule has 4 nitrogen and oxygen atoms in total. The lowest BCUT2D eigenvalue weighted by atomic mass is 10.1. The number of carbonyl (C=O) groups is 1. The van der Waals surface area contributed by atoms with E-state index in [1.807, 2.05) is 0 Å². The molecule has 0 aromatic rings. The van der Waals surface area contributed by atoms with Crippen LogP contribution in [0.1, 0.15) is 32.1 Å². The van der Waals surface area contributed by atoms with Crippen LogP contribution in [0, 0.1) is 5.92 Å². The number of rotatable bonds is 5. The first-order chi connectivity index (χ1) is 6.97. The van der Waals surface area contributed by atoms with E-state index in [4.69, 9.17) is 4.55 Å². The second-order valence-electron chi connectivity index (χ2n) is 3.86. The van der Waals surface area contributed by atoms with E-state index in [2.05, 4.69) is 0 Å². The molecule has 0 heterocycles. The van der Waals surface area contributed by atoms with Crippen molar-refractivity contribution in [3.8, 4) is 0 Å². The molecule has 1 saturated carbocycles. The summed E-state index contributed by atoms with van der Waals surface area (Å²) in [5, 5.41) is 0.0468. The van der Waals surface area contributed by atoms with Gasteiger partial charge in [0.15, 0.2) is 5.12 Å². The fraction of sp³-hybridized carbons (Fsp3) is 0.889. The average molecular weight is 252 g/mol. The summed E-state index contributed by atoms with van der Waals surface area (Å²) in [4.78, 5) is 11.4. The van der Waals surface area contributed by atoms with Crippen molar-refractivity contribution < 1.29 is 17.8 Å². The summed E-state index contributed by atoms with van der Waals surface area (Å²) >= 11 is 1.01. The first-order valence-corrected chi connectivity index (χ1v) is 7.67. The molecule has 0 aromatic heterocycles. The number of carbonyl (C=O) groups excluding carboxylic acids is 1. The Morgan fingerprint density at radius 3 is 2.47 bits per heavy atom. The maximum atomic E-state index is 11.4. The van der Waals surface area contributed by atoms with Crippen molar-refractivity contribution in [2.45, 2.75) is 32.1 Å². The van der Waals surface area contributed by atoms with Crippen molar-refractivity contribution in [1.29, 1.82) is 0 Å². The summed E-state index contributed by atoms with van der Waals surface area (Å²) in [6.45, 7) is 0. The van der Waals surface area contributed by atoms with Gasteiger partial charge in [-0.2, -0.15) is 8.42 Å². The molecule has 1 aliphatic rings. The summed E-state index contributed by atoms with van der Waals surface area (Å²) < 4.78 is 29.2. The lowest BCUT2D eigenvalue weighted by Crippen LogP contribution is -2.09. The van der Waals surface area contributed by atoms with Crippen LogP contribution in [0.5, 0.6) is 0 Å². The van der Waals surface area contributed by atoms with Gasteiger partial charge in [-0.15, -0.1) is 0 Å². The van der Waals surface area contributed by atoms with Gasteiger partial charge in [0.25, 0.3) is 10.1 Å². The van der Waals surface area contributed by atoms with Crippen molar-refractivity contribution in [3.63, 3.8) is 0 Å². The number of thioether (sulfide) groups is 1. The normalized spacial score (nSPS) is 18.2. The molecule has 15 heavy (non-hydrogen) atoms. The highest BCUT2D eigenvalue weighted by Crippen LogP contribution is 2.29. The van der Waals surface area contributed by atoms with Gasteiger partial charge in [-0.1, -0.05) is 24.6 Å². The van der Waals surface area contributed by atoms with Gasteiger partial charge in [0.1, 0.15) is 0 Å². The lowest BCUT2D eigenvalue weighted by Gasteiger charge is -2.06. The van der Waals surface area contributed by atoms with Gasteiger partial charge in [0.05, 0.1) is 5.75 Å². The zero-order chi connectivity index (χ0) is 11.3. The molecule has 0 aliphatic heterocycles. The zero-order valence-electron chi connectivity index (χ0n) is 8.52. The van der Waals surface area contributed by atoms with Gasteiger partial charge in [-0.25, -0.2) is 0 Å². The third-order valence-electron chi connectivity index (χ3n) is 2.53. The summed E-state index contributed by atoms with van der Waals surface area (Å²) in [5.41, 5.74) is 0. The predicted molar refractivity (Wildman–Crippen MR) is 60.5 cm³/mol. The van der Waals surface area contributed by atoms with E-state index in [1.165, 1.54) is 12.8 Å². The first kappa shape index (κ1) is 13.0. The molecule has 6 heteroatoms. The van der Waals surface area contributed by atoms with Crippen LogP contribution in [0.15, 0.2) is 0 Å². The van der Waals surface area contributed by atoms with Crippen LogP contribution in [0.25, 0.3) is 0 Å². The monoisotopic (exact) mass is 252 g/mol. The van der Waals surface area contributed by atoms with Crippen LogP contribution >= 0.6 is 11.8 Å². The molecule has 0 bridgehead atoms. The summed E-state index contributed by atoms with van der Waals surface area (Å²) in [6, 6.07) is 0. The molecule has 0 radical (unpaired) electrons. The second-order valence-corrected chi connectivity index (χ2v) is 6.59. The third kappa shape index (κ3) is 6.17. The zero-order valence-corrected chi connectivity index (χ0v) is 10.1. The molecule has 1 aliphatic carbocycles. The quantitative estimate of drug-likeness (QED) is 0.754. The van der Waals surface area contributed by atoms with E-state index in [1.54, 1.807) is 0 Å².